The van der Waals surface area contributed by atoms with Gasteiger partial charge in [-0.05, 0) is 40.7 Å². The molecule has 1 aliphatic rings. The van der Waals surface area contributed by atoms with Gasteiger partial charge in [0.2, 0.25) is 0 Å². The highest BCUT2D eigenvalue weighted by atomic mass is 31.2. The zero-order valence-electron chi connectivity index (χ0n) is 18.6. The van der Waals surface area contributed by atoms with E-state index in [1.807, 2.05) is 6.92 Å². The number of aromatic nitrogens is 2. The highest BCUT2D eigenvalue weighted by Crippen LogP contribution is 2.51. The Kier molecular flexibility index (Phi) is 9.35. The number of nitrogens with zero attached hydrogens (tertiary/aromatic N) is 4. The monoisotopic (exact) mass is 440 g/mol. The van der Waals surface area contributed by atoms with Crippen molar-refractivity contribution in [2.75, 3.05) is 13.2 Å². The lowest BCUT2D eigenvalue weighted by molar-refractivity contribution is -0.0461. The lowest BCUT2D eigenvalue weighted by atomic mass is 10.0. The summed E-state index contributed by atoms with van der Waals surface area (Å²) in [5, 5.41) is 18.8. The molecule has 10 heteroatoms. The Morgan fingerprint density at radius 3 is 2.60 bits per heavy atom. The molecular formula is C20H33N4O5P. The fourth-order valence-electron chi connectivity index (χ4n) is 3.60. The lowest BCUT2D eigenvalue weighted by Crippen LogP contribution is -2.38. The second-order valence-corrected chi connectivity index (χ2v) is 9.39. The third-order valence-electron chi connectivity index (χ3n) is 4.95. The molecule has 0 saturated carbocycles. The first-order valence-electron chi connectivity index (χ1n) is 10.3. The van der Waals surface area contributed by atoms with Crippen LogP contribution in [0.1, 0.15) is 53.0 Å². The Hall–Kier alpha value is -1.40. The van der Waals surface area contributed by atoms with Crippen LogP contribution in [-0.4, -0.2) is 56.8 Å². The number of aliphatic hydroxyl groups excluding tert-OH is 1. The Morgan fingerprint density at radius 1 is 1.40 bits per heavy atom. The summed E-state index contributed by atoms with van der Waals surface area (Å²) in [6.07, 6.45) is 0.226. The molecule has 1 aliphatic heterocycles. The zero-order chi connectivity index (χ0) is 22.4. The zero-order valence-corrected chi connectivity index (χ0v) is 19.5. The molecule has 1 fully saturated rings. The summed E-state index contributed by atoms with van der Waals surface area (Å²) < 4.78 is 22.0. The molecule has 5 atom stereocenters. The first-order valence-corrected chi connectivity index (χ1v) is 11.4. The SMILES string of the molecule is Cc1ccn([C@@H]2O[C@H](CO)C(OP(OCCC#N)N(C(C)C)C(C)C)[C@@H]2C)c(=O)n1. The van der Waals surface area contributed by atoms with Crippen molar-refractivity contribution >= 4 is 8.53 Å². The molecule has 1 aromatic heterocycles. The number of hydrogen-bond donors (Lipinski definition) is 1. The van der Waals surface area contributed by atoms with Crippen LogP contribution < -0.4 is 5.69 Å². The van der Waals surface area contributed by atoms with E-state index in [2.05, 4.69) is 43.4 Å². The molecular weight excluding hydrogens is 407 g/mol. The quantitative estimate of drug-likeness (QED) is 0.437. The lowest BCUT2D eigenvalue weighted by Gasteiger charge is -2.38. The van der Waals surface area contributed by atoms with E-state index in [1.165, 1.54) is 4.57 Å². The molecule has 0 spiro atoms. The molecule has 0 radical (unpaired) electrons. The van der Waals surface area contributed by atoms with Gasteiger partial charge in [-0.2, -0.15) is 10.2 Å². The molecule has 1 saturated heterocycles. The van der Waals surface area contributed by atoms with Crippen molar-refractivity contribution in [3.63, 3.8) is 0 Å². The summed E-state index contributed by atoms with van der Waals surface area (Å²) in [5.74, 6) is -0.227. The summed E-state index contributed by atoms with van der Waals surface area (Å²) >= 11 is 0. The van der Waals surface area contributed by atoms with E-state index in [9.17, 15) is 9.90 Å². The predicted octanol–water partition coefficient (Wildman–Crippen LogP) is 2.74. The molecule has 0 aliphatic carbocycles. The fourth-order valence-corrected chi connectivity index (χ4v) is 5.44. The highest BCUT2D eigenvalue weighted by Gasteiger charge is 2.46. The maximum atomic E-state index is 12.4. The van der Waals surface area contributed by atoms with Gasteiger partial charge >= 0.3 is 5.69 Å². The maximum absolute atomic E-state index is 12.4. The van der Waals surface area contributed by atoms with E-state index >= 15 is 0 Å². The van der Waals surface area contributed by atoms with Crippen molar-refractivity contribution in [2.45, 2.75) is 78.5 Å². The van der Waals surface area contributed by atoms with Gasteiger partial charge in [0, 0.05) is 29.9 Å². The van der Waals surface area contributed by atoms with Crippen molar-refractivity contribution < 1.29 is 18.9 Å². The second kappa shape index (κ2) is 11.3. The maximum Gasteiger partial charge on any atom is 0.349 e. The first kappa shape index (κ1) is 24.9. The van der Waals surface area contributed by atoms with Crippen LogP contribution >= 0.6 is 8.53 Å². The first-order chi connectivity index (χ1) is 14.2. The molecule has 1 N–H and O–H groups in total. The normalized spacial score (nSPS) is 25.2. The average molecular weight is 440 g/mol. The molecule has 0 amide bonds. The summed E-state index contributed by atoms with van der Waals surface area (Å²) in [6, 6.07) is 4.14. The van der Waals surface area contributed by atoms with E-state index < -0.39 is 32.7 Å². The van der Waals surface area contributed by atoms with E-state index in [-0.39, 0.29) is 37.6 Å². The number of hydrogen-bond acceptors (Lipinski definition) is 8. The third kappa shape index (κ3) is 5.85. The average Bonchev–Trinajstić information content (AvgIpc) is 2.97. The van der Waals surface area contributed by atoms with E-state index in [4.69, 9.17) is 19.0 Å². The number of aryl methyl sites for hydroxylation is 1. The largest absolute Gasteiger partial charge is 0.394 e. The van der Waals surface area contributed by atoms with Gasteiger partial charge in [-0.25, -0.2) is 9.46 Å². The van der Waals surface area contributed by atoms with Crippen LogP contribution in [-0.2, 0) is 13.8 Å². The smallest absolute Gasteiger partial charge is 0.349 e. The van der Waals surface area contributed by atoms with Crippen molar-refractivity contribution in [3.05, 3.63) is 28.4 Å². The summed E-state index contributed by atoms with van der Waals surface area (Å²) in [6.45, 7) is 11.9. The van der Waals surface area contributed by atoms with E-state index in [0.29, 0.717) is 5.69 Å². The van der Waals surface area contributed by atoms with Crippen LogP contribution in [0.5, 0.6) is 0 Å². The Labute approximate surface area is 179 Å². The van der Waals surface area contributed by atoms with Crippen LogP contribution in [0.2, 0.25) is 0 Å². The van der Waals surface area contributed by atoms with Crippen LogP contribution in [0.4, 0.5) is 0 Å². The van der Waals surface area contributed by atoms with Crippen LogP contribution in [0.3, 0.4) is 0 Å². The van der Waals surface area contributed by atoms with E-state index in [0.717, 1.165) is 0 Å². The van der Waals surface area contributed by atoms with Gasteiger partial charge in [0.15, 0.2) is 0 Å². The van der Waals surface area contributed by atoms with Gasteiger partial charge in [0.25, 0.3) is 8.53 Å². The highest BCUT2D eigenvalue weighted by molar-refractivity contribution is 7.44. The number of nitriles is 1. The molecule has 9 nitrogen and oxygen atoms in total. The minimum absolute atomic E-state index is 0.156. The van der Waals surface area contributed by atoms with Crippen molar-refractivity contribution in [2.24, 2.45) is 5.92 Å². The van der Waals surface area contributed by atoms with Gasteiger partial charge < -0.3 is 18.9 Å². The Bertz CT molecular complexity index is 773. The minimum atomic E-state index is -1.50. The van der Waals surface area contributed by atoms with Gasteiger partial charge in [0.1, 0.15) is 18.4 Å². The molecule has 2 rings (SSSR count). The number of rotatable bonds is 10. The molecule has 2 unspecified atom stereocenters. The summed E-state index contributed by atoms with van der Waals surface area (Å²) in [7, 11) is -1.50. The molecule has 30 heavy (non-hydrogen) atoms. The van der Waals surface area contributed by atoms with Gasteiger partial charge in [-0.3, -0.25) is 4.57 Å². The summed E-state index contributed by atoms with van der Waals surface area (Å²) in [5.41, 5.74) is 0.232. The van der Waals surface area contributed by atoms with Crippen molar-refractivity contribution in [1.29, 1.82) is 5.26 Å². The second-order valence-electron chi connectivity index (χ2n) is 7.98. The molecule has 2 heterocycles. The van der Waals surface area contributed by atoms with E-state index in [1.54, 1.807) is 19.2 Å². The van der Waals surface area contributed by atoms with Gasteiger partial charge in [0.05, 0.1) is 25.7 Å². The third-order valence-corrected chi connectivity index (χ3v) is 7.07. The Balaban J connectivity index is 2.28. The molecule has 0 bridgehead atoms. The standard InChI is InChI=1S/C20H33N4O5P/c1-13(2)24(14(3)4)30(27-11-7-9-21)29-18-16(6)19(28-17(18)12-25)23-10-8-15(5)22-20(23)26/h8,10,13-14,16-19,25H,7,11-12H2,1-6H3/t16-,17+,18?,19+,30?/m0/s1. The topological polar surface area (TPSA) is 110 Å². The van der Waals surface area contributed by atoms with Crippen molar-refractivity contribution in [3.8, 4) is 6.07 Å². The van der Waals surface area contributed by atoms with Crippen LogP contribution in [0.25, 0.3) is 0 Å². The Morgan fingerprint density at radius 2 is 2.07 bits per heavy atom. The van der Waals surface area contributed by atoms with Crippen LogP contribution in [0, 0.1) is 24.2 Å². The minimum Gasteiger partial charge on any atom is -0.394 e. The molecule has 168 valence electrons. The fraction of sp³-hybridized carbons (Fsp3) is 0.750. The van der Waals surface area contributed by atoms with Gasteiger partial charge in [-0.15, -0.1) is 0 Å². The number of ether oxygens (including phenoxy) is 1. The molecule has 1 aromatic rings. The van der Waals surface area contributed by atoms with Crippen LogP contribution in [0.15, 0.2) is 17.1 Å². The molecule has 0 aromatic carbocycles. The number of aliphatic hydroxyl groups is 1. The predicted molar refractivity (Wildman–Crippen MR) is 113 cm³/mol. The van der Waals surface area contributed by atoms with Gasteiger partial charge in [-0.1, -0.05) is 6.92 Å². The van der Waals surface area contributed by atoms with Crippen molar-refractivity contribution in [1.82, 2.24) is 14.2 Å². The summed E-state index contributed by atoms with van der Waals surface area (Å²) in [4.78, 5) is 16.3.